The van der Waals surface area contributed by atoms with Crippen molar-refractivity contribution >= 4 is 0 Å². The maximum atomic E-state index is 10.4. The molecule has 0 spiro atoms. The molecule has 0 aliphatic heterocycles. The zero-order valence-electron chi connectivity index (χ0n) is 12.7. The molecule has 1 aromatic rings. The summed E-state index contributed by atoms with van der Waals surface area (Å²) in [6, 6.07) is 8.63. The van der Waals surface area contributed by atoms with Gasteiger partial charge >= 0.3 is 0 Å². The summed E-state index contributed by atoms with van der Waals surface area (Å²) < 4.78 is 5.76. The minimum absolute atomic E-state index is 0.413. The molecule has 0 aromatic heterocycles. The van der Waals surface area contributed by atoms with E-state index in [2.05, 4.69) is 31.3 Å². The van der Waals surface area contributed by atoms with Gasteiger partial charge in [-0.1, -0.05) is 45.2 Å². The summed E-state index contributed by atoms with van der Waals surface area (Å²) in [5, 5.41) is 13.8. The lowest BCUT2D eigenvalue weighted by Gasteiger charge is -2.31. The second kappa shape index (κ2) is 7.09. The second-order valence-corrected chi connectivity index (χ2v) is 6.25. The van der Waals surface area contributed by atoms with Crippen molar-refractivity contribution in [2.24, 2.45) is 0 Å². The van der Waals surface area contributed by atoms with Crippen molar-refractivity contribution in [3.8, 4) is 5.75 Å². The Morgan fingerprint density at radius 3 is 2.40 bits per heavy atom. The molecule has 2 N–H and O–H groups in total. The molecule has 2 rings (SSSR count). The fourth-order valence-corrected chi connectivity index (χ4v) is 2.60. The van der Waals surface area contributed by atoms with E-state index in [0.717, 1.165) is 38.0 Å². The lowest BCUT2D eigenvalue weighted by molar-refractivity contribution is -0.0339. The summed E-state index contributed by atoms with van der Waals surface area (Å²) in [7, 11) is 0. The van der Waals surface area contributed by atoms with Gasteiger partial charge in [0, 0.05) is 12.6 Å². The lowest BCUT2D eigenvalue weighted by Crippen LogP contribution is -2.37. The summed E-state index contributed by atoms with van der Waals surface area (Å²) >= 11 is 0. The van der Waals surface area contributed by atoms with Crippen LogP contribution in [0.4, 0.5) is 0 Å². The molecular formula is C17H27NO2. The van der Waals surface area contributed by atoms with Crippen LogP contribution in [0.1, 0.15) is 51.5 Å². The lowest BCUT2D eigenvalue weighted by atomic mass is 9.85. The van der Waals surface area contributed by atoms with E-state index in [-0.39, 0.29) is 0 Å². The molecule has 0 saturated heterocycles. The van der Waals surface area contributed by atoms with E-state index in [1.165, 1.54) is 12.0 Å². The molecule has 0 heterocycles. The Labute approximate surface area is 122 Å². The van der Waals surface area contributed by atoms with E-state index >= 15 is 0 Å². The highest BCUT2D eigenvalue weighted by Crippen LogP contribution is 2.28. The van der Waals surface area contributed by atoms with Gasteiger partial charge in [0.25, 0.3) is 0 Å². The van der Waals surface area contributed by atoms with Crippen molar-refractivity contribution in [2.75, 3.05) is 6.61 Å². The van der Waals surface area contributed by atoms with Gasteiger partial charge in [0.05, 0.1) is 5.60 Å². The predicted octanol–water partition coefficient (Wildman–Crippen LogP) is 3.26. The van der Waals surface area contributed by atoms with Crippen LogP contribution in [-0.2, 0) is 6.54 Å². The molecule has 3 heteroatoms. The zero-order valence-corrected chi connectivity index (χ0v) is 12.7. The molecule has 0 bridgehead atoms. The SMILES string of the molecule is CC(C)NCc1ccc(OCC2(O)CCCCC2)cc1. The third kappa shape index (κ3) is 4.80. The maximum absolute atomic E-state index is 10.4. The van der Waals surface area contributed by atoms with Gasteiger partial charge in [-0.3, -0.25) is 0 Å². The predicted molar refractivity (Wildman–Crippen MR) is 81.9 cm³/mol. The number of benzene rings is 1. The van der Waals surface area contributed by atoms with Crippen molar-refractivity contribution in [3.05, 3.63) is 29.8 Å². The maximum Gasteiger partial charge on any atom is 0.119 e. The Bertz CT molecular complexity index is 394. The van der Waals surface area contributed by atoms with Gasteiger partial charge in [-0.25, -0.2) is 0 Å². The molecule has 112 valence electrons. The molecule has 1 saturated carbocycles. The first-order valence-electron chi connectivity index (χ1n) is 7.75. The summed E-state index contributed by atoms with van der Waals surface area (Å²) in [5.41, 5.74) is 0.637. The highest BCUT2D eigenvalue weighted by atomic mass is 16.5. The summed E-state index contributed by atoms with van der Waals surface area (Å²) in [6.07, 6.45) is 5.19. The Hall–Kier alpha value is -1.06. The van der Waals surface area contributed by atoms with Gasteiger partial charge in [-0.15, -0.1) is 0 Å². The molecule has 0 unspecified atom stereocenters. The first kappa shape index (κ1) is 15.3. The van der Waals surface area contributed by atoms with E-state index in [4.69, 9.17) is 4.74 Å². The van der Waals surface area contributed by atoms with E-state index in [0.29, 0.717) is 12.6 Å². The Balaban J connectivity index is 1.81. The molecule has 0 amide bonds. The Morgan fingerprint density at radius 2 is 1.80 bits per heavy atom. The molecule has 0 radical (unpaired) electrons. The standard InChI is InChI=1S/C17H27NO2/c1-14(2)18-12-15-6-8-16(9-7-15)20-13-17(19)10-4-3-5-11-17/h6-9,14,18-19H,3-5,10-13H2,1-2H3. The first-order valence-corrected chi connectivity index (χ1v) is 7.75. The van der Waals surface area contributed by atoms with Crippen LogP contribution in [-0.4, -0.2) is 23.4 Å². The fourth-order valence-electron chi connectivity index (χ4n) is 2.60. The van der Waals surface area contributed by atoms with Gasteiger partial charge in [0.15, 0.2) is 0 Å². The van der Waals surface area contributed by atoms with E-state index in [9.17, 15) is 5.11 Å². The van der Waals surface area contributed by atoms with Gasteiger partial charge in [0.2, 0.25) is 0 Å². The third-order valence-corrected chi connectivity index (χ3v) is 3.93. The molecule has 20 heavy (non-hydrogen) atoms. The highest BCUT2D eigenvalue weighted by Gasteiger charge is 2.29. The van der Waals surface area contributed by atoms with Crippen LogP contribution in [0.3, 0.4) is 0 Å². The highest BCUT2D eigenvalue weighted by molar-refractivity contribution is 5.27. The van der Waals surface area contributed by atoms with Crippen molar-refractivity contribution in [1.82, 2.24) is 5.32 Å². The Kier molecular flexibility index (Phi) is 5.44. The van der Waals surface area contributed by atoms with E-state index < -0.39 is 5.60 Å². The second-order valence-electron chi connectivity index (χ2n) is 6.25. The summed E-state index contributed by atoms with van der Waals surface area (Å²) in [5.74, 6) is 0.845. The van der Waals surface area contributed by atoms with Crippen LogP contribution in [0.2, 0.25) is 0 Å². The summed E-state index contributed by atoms with van der Waals surface area (Å²) in [6.45, 7) is 5.57. The quantitative estimate of drug-likeness (QED) is 0.838. The monoisotopic (exact) mass is 277 g/mol. The fraction of sp³-hybridized carbons (Fsp3) is 0.647. The number of rotatable bonds is 6. The minimum atomic E-state index is -0.615. The third-order valence-electron chi connectivity index (χ3n) is 3.93. The van der Waals surface area contributed by atoms with Crippen molar-refractivity contribution in [1.29, 1.82) is 0 Å². The minimum Gasteiger partial charge on any atom is -0.491 e. The number of ether oxygens (including phenoxy) is 1. The largest absolute Gasteiger partial charge is 0.491 e. The van der Waals surface area contributed by atoms with Crippen LogP contribution >= 0.6 is 0 Å². The van der Waals surface area contributed by atoms with E-state index in [1.54, 1.807) is 0 Å². The van der Waals surface area contributed by atoms with Crippen LogP contribution in [0.25, 0.3) is 0 Å². The number of aliphatic hydroxyl groups is 1. The molecule has 1 aliphatic rings. The Morgan fingerprint density at radius 1 is 1.15 bits per heavy atom. The van der Waals surface area contributed by atoms with Crippen LogP contribution in [0.15, 0.2) is 24.3 Å². The number of hydrogen-bond donors (Lipinski definition) is 2. The van der Waals surface area contributed by atoms with Gasteiger partial charge in [0.1, 0.15) is 12.4 Å². The van der Waals surface area contributed by atoms with Gasteiger partial charge in [-0.2, -0.15) is 0 Å². The van der Waals surface area contributed by atoms with E-state index in [1.807, 2.05) is 12.1 Å². The molecular weight excluding hydrogens is 250 g/mol. The van der Waals surface area contributed by atoms with Crippen molar-refractivity contribution in [3.63, 3.8) is 0 Å². The zero-order chi connectivity index (χ0) is 14.4. The molecule has 0 atom stereocenters. The molecule has 1 aromatic carbocycles. The van der Waals surface area contributed by atoms with Crippen LogP contribution in [0, 0.1) is 0 Å². The topological polar surface area (TPSA) is 41.5 Å². The molecule has 1 fully saturated rings. The first-order chi connectivity index (χ1) is 9.57. The number of nitrogens with one attached hydrogen (secondary N) is 1. The van der Waals surface area contributed by atoms with Gasteiger partial charge < -0.3 is 15.2 Å². The van der Waals surface area contributed by atoms with Crippen LogP contribution < -0.4 is 10.1 Å². The van der Waals surface area contributed by atoms with Crippen molar-refractivity contribution in [2.45, 2.75) is 64.1 Å². The molecule has 1 aliphatic carbocycles. The smallest absolute Gasteiger partial charge is 0.119 e. The normalized spacial score (nSPS) is 18.2. The molecule has 3 nitrogen and oxygen atoms in total. The summed E-state index contributed by atoms with van der Waals surface area (Å²) in [4.78, 5) is 0. The number of hydrogen-bond acceptors (Lipinski definition) is 3. The average Bonchev–Trinajstić information content (AvgIpc) is 2.45. The van der Waals surface area contributed by atoms with Gasteiger partial charge in [-0.05, 0) is 30.5 Å². The average molecular weight is 277 g/mol. The van der Waals surface area contributed by atoms with Crippen molar-refractivity contribution < 1.29 is 9.84 Å². The van der Waals surface area contributed by atoms with Crippen LogP contribution in [0.5, 0.6) is 5.75 Å².